The third kappa shape index (κ3) is 6.92. The Balaban J connectivity index is 0.00000400. The van der Waals surface area contributed by atoms with Gasteiger partial charge in [0.1, 0.15) is 11.6 Å². The SMILES string of the molecule is C[C@@H](O[C@H]1OCCN(Cc2n[nH]c(=O)[nH]2)[C@H]1c1ccc(F)cc1)c1cc(C(F)(F)F)cc(C(F)(F)F)c1.Cl. The van der Waals surface area contributed by atoms with Gasteiger partial charge < -0.3 is 9.47 Å². The predicted octanol–water partition coefficient (Wildman–Crippen LogP) is 5.37. The molecule has 0 aliphatic carbocycles. The van der Waals surface area contributed by atoms with Crippen molar-refractivity contribution in [3.05, 3.63) is 86.8 Å². The van der Waals surface area contributed by atoms with Gasteiger partial charge in [-0.1, -0.05) is 12.1 Å². The van der Waals surface area contributed by atoms with Crippen LogP contribution in [-0.4, -0.2) is 39.5 Å². The summed E-state index contributed by atoms with van der Waals surface area (Å²) in [5.41, 5.74) is -3.30. The molecule has 0 radical (unpaired) electrons. The molecule has 2 N–H and O–H groups in total. The smallest absolute Gasteiger partial charge is 0.349 e. The average Bonchev–Trinajstić information content (AvgIpc) is 3.23. The zero-order valence-corrected chi connectivity index (χ0v) is 20.4. The number of halogens is 8. The van der Waals surface area contributed by atoms with E-state index in [0.29, 0.717) is 24.2 Å². The monoisotopic (exact) mass is 570 g/mol. The van der Waals surface area contributed by atoms with Gasteiger partial charge in [0.25, 0.3) is 0 Å². The minimum atomic E-state index is -5.01. The Morgan fingerprint density at radius 3 is 2.21 bits per heavy atom. The fourth-order valence-electron chi connectivity index (χ4n) is 4.07. The maximum Gasteiger partial charge on any atom is 0.416 e. The Kier molecular flexibility index (Phi) is 8.91. The minimum Gasteiger partial charge on any atom is -0.349 e. The highest BCUT2D eigenvalue weighted by Crippen LogP contribution is 2.39. The number of aromatic amines is 2. The van der Waals surface area contributed by atoms with Crippen LogP contribution in [0.25, 0.3) is 0 Å². The molecule has 3 atom stereocenters. The Labute approximate surface area is 217 Å². The molecule has 1 aromatic heterocycles. The number of alkyl halides is 6. The summed E-state index contributed by atoms with van der Waals surface area (Å²) >= 11 is 0. The number of rotatable bonds is 6. The summed E-state index contributed by atoms with van der Waals surface area (Å²) in [6, 6.07) is 5.79. The van der Waals surface area contributed by atoms with Gasteiger partial charge >= 0.3 is 18.0 Å². The standard InChI is InChI=1S/C23H21F7N4O3.ClH/c1-12(14-8-15(22(25,26)27)10-16(9-14)23(28,29)30)37-20-19(13-2-4-17(24)5-3-13)34(6-7-36-20)11-18-31-21(35)33-32-18;/h2-5,8-10,12,19-20H,6-7,11H2,1H3,(H2,31,32,33,35);1H/t12-,19+,20-;/m1./s1. The van der Waals surface area contributed by atoms with Crippen LogP contribution in [0.3, 0.4) is 0 Å². The molecule has 208 valence electrons. The van der Waals surface area contributed by atoms with Gasteiger partial charge in [-0.3, -0.25) is 9.88 Å². The molecular weight excluding hydrogens is 549 g/mol. The van der Waals surface area contributed by atoms with E-state index < -0.39 is 53.4 Å². The normalized spacial score (nSPS) is 19.7. The minimum absolute atomic E-state index is 0. The van der Waals surface area contributed by atoms with Gasteiger partial charge in [-0.25, -0.2) is 14.3 Å². The van der Waals surface area contributed by atoms with Crippen LogP contribution in [0.4, 0.5) is 30.7 Å². The summed E-state index contributed by atoms with van der Waals surface area (Å²) in [6.45, 7) is 1.82. The van der Waals surface area contributed by atoms with Crippen molar-refractivity contribution in [1.29, 1.82) is 0 Å². The molecule has 0 unspecified atom stereocenters. The fourth-order valence-corrected chi connectivity index (χ4v) is 4.07. The number of hydrogen-bond acceptors (Lipinski definition) is 5. The third-order valence-electron chi connectivity index (χ3n) is 5.84. The van der Waals surface area contributed by atoms with E-state index >= 15 is 0 Å². The Morgan fingerprint density at radius 1 is 1.08 bits per heavy atom. The first kappa shape index (κ1) is 29.6. The molecule has 1 fully saturated rings. The van der Waals surface area contributed by atoms with Crippen molar-refractivity contribution >= 4 is 12.4 Å². The van der Waals surface area contributed by atoms with Gasteiger partial charge in [0, 0.05) is 6.54 Å². The first-order valence-electron chi connectivity index (χ1n) is 11.0. The Morgan fingerprint density at radius 2 is 1.68 bits per heavy atom. The van der Waals surface area contributed by atoms with E-state index in [1.807, 2.05) is 0 Å². The number of morpholine rings is 1. The average molecular weight is 571 g/mol. The topological polar surface area (TPSA) is 83.2 Å². The number of benzene rings is 2. The number of hydrogen-bond donors (Lipinski definition) is 2. The Hall–Kier alpha value is -2.94. The van der Waals surface area contributed by atoms with E-state index in [0.717, 1.165) is 0 Å². The van der Waals surface area contributed by atoms with Crippen molar-refractivity contribution in [2.75, 3.05) is 13.2 Å². The molecule has 3 aromatic rings. The van der Waals surface area contributed by atoms with Gasteiger partial charge in [-0.15, -0.1) is 12.4 Å². The van der Waals surface area contributed by atoms with Crippen LogP contribution in [-0.2, 0) is 28.4 Å². The van der Waals surface area contributed by atoms with Gasteiger partial charge in [0.15, 0.2) is 6.29 Å². The molecule has 1 aliphatic heterocycles. The lowest BCUT2D eigenvalue weighted by Gasteiger charge is -2.41. The van der Waals surface area contributed by atoms with E-state index in [1.54, 1.807) is 4.90 Å². The fraction of sp³-hybridized carbons (Fsp3) is 0.391. The first-order chi connectivity index (χ1) is 17.3. The van der Waals surface area contributed by atoms with Crippen LogP contribution in [0.2, 0.25) is 0 Å². The lowest BCUT2D eigenvalue weighted by molar-refractivity contribution is -0.231. The maximum atomic E-state index is 13.6. The van der Waals surface area contributed by atoms with E-state index in [9.17, 15) is 35.5 Å². The highest BCUT2D eigenvalue weighted by Gasteiger charge is 2.39. The molecule has 1 aliphatic rings. The largest absolute Gasteiger partial charge is 0.416 e. The van der Waals surface area contributed by atoms with Crippen molar-refractivity contribution in [1.82, 2.24) is 20.1 Å². The lowest BCUT2D eigenvalue weighted by atomic mass is 10.0. The van der Waals surface area contributed by atoms with Crippen LogP contribution >= 0.6 is 12.4 Å². The highest BCUT2D eigenvalue weighted by molar-refractivity contribution is 5.85. The van der Waals surface area contributed by atoms with E-state index in [-0.39, 0.29) is 43.0 Å². The molecule has 0 spiro atoms. The molecule has 2 heterocycles. The number of nitrogens with one attached hydrogen (secondary N) is 2. The van der Waals surface area contributed by atoms with Crippen molar-refractivity contribution in [2.45, 2.75) is 44.3 Å². The van der Waals surface area contributed by atoms with Crippen LogP contribution in [0.1, 0.15) is 47.1 Å². The van der Waals surface area contributed by atoms with Gasteiger partial charge in [0.05, 0.1) is 36.4 Å². The molecule has 0 saturated carbocycles. The second-order valence-electron chi connectivity index (χ2n) is 8.45. The van der Waals surface area contributed by atoms with E-state index in [1.165, 1.54) is 31.2 Å². The predicted molar refractivity (Wildman–Crippen MR) is 122 cm³/mol. The second-order valence-corrected chi connectivity index (χ2v) is 8.45. The summed E-state index contributed by atoms with van der Waals surface area (Å²) in [4.78, 5) is 15.7. The van der Waals surface area contributed by atoms with Crippen molar-refractivity contribution in [3.63, 3.8) is 0 Å². The summed E-state index contributed by atoms with van der Waals surface area (Å²) in [7, 11) is 0. The lowest BCUT2D eigenvalue weighted by Crippen LogP contribution is -2.46. The van der Waals surface area contributed by atoms with Crippen molar-refractivity contribution in [3.8, 4) is 0 Å². The maximum absolute atomic E-state index is 13.6. The third-order valence-corrected chi connectivity index (χ3v) is 5.84. The van der Waals surface area contributed by atoms with Crippen LogP contribution < -0.4 is 5.69 Å². The summed E-state index contributed by atoms with van der Waals surface area (Å²) in [5.74, 6) is -0.239. The van der Waals surface area contributed by atoms with Crippen molar-refractivity contribution < 1.29 is 40.2 Å². The molecule has 0 bridgehead atoms. The number of ether oxygens (including phenoxy) is 2. The van der Waals surface area contributed by atoms with E-state index in [4.69, 9.17) is 9.47 Å². The molecular formula is C23H22ClF7N4O3. The molecule has 7 nitrogen and oxygen atoms in total. The zero-order valence-electron chi connectivity index (χ0n) is 19.6. The molecule has 4 rings (SSSR count). The summed E-state index contributed by atoms with van der Waals surface area (Å²) in [5, 5.41) is 6.10. The molecule has 38 heavy (non-hydrogen) atoms. The first-order valence-corrected chi connectivity index (χ1v) is 11.0. The van der Waals surface area contributed by atoms with Crippen molar-refractivity contribution in [2.24, 2.45) is 0 Å². The number of aromatic nitrogens is 3. The molecule has 2 aromatic carbocycles. The van der Waals surface area contributed by atoms with E-state index in [2.05, 4.69) is 15.2 Å². The summed E-state index contributed by atoms with van der Waals surface area (Å²) < 4.78 is 105. The second kappa shape index (κ2) is 11.4. The quantitative estimate of drug-likeness (QED) is 0.389. The van der Waals surface area contributed by atoms with Gasteiger partial charge in [0.2, 0.25) is 0 Å². The van der Waals surface area contributed by atoms with Crippen LogP contribution in [0.5, 0.6) is 0 Å². The molecule has 1 saturated heterocycles. The zero-order chi connectivity index (χ0) is 27.0. The van der Waals surface area contributed by atoms with Crippen LogP contribution in [0.15, 0.2) is 47.3 Å². The van der Waals surface area contributed by atoms with Gasteiger partial charge in [-0.2, -0.15) is 31.4 Å². The van der Waals surface area contributed by atoms with Gasteiger partial charge in [-0.05, 0) is 48.4 Å². The van der Waals surface area contributed by atoms with Crippen LogP contribution in [0, 0.1) is 5.82 Å². The number of nitrogens with zero attached hydrogens (tertiary/aromatic N) is 2. The molecule has 0 amide bonds. The highest BCUT2D eigenvalue weighted by atomic mass is 35.5. The number of H-pyrrole nitrogens is 2. The molecule has 15 heteroatoms. The Bertz CT molecular complexity index is 1250. The summed E-state index contributed by atoms with van der Waals surface area (Å²) in [6.07, 6.45) is -12.4.